The molecule has 2 nitrogen and oxygen atoms in total. The summed E-state index contributed by atoms with van der Waals surface area (Å²) in [6, 6.07) is 47.5. The van der Waals surface area contributed by atoms with E-state index in [9.17, 15) is 0 Å². The maximum Gasteiger partial charge on any atom is 0.252 e. The lowest BCUT2D eigenvalue weighted by Gasteiger charge is -2.88. The summed E-state index contributed by atoms with van der Waals surface area (Å²) in [5.74, 6) is 2.39. The number of aryl methyl sites for hydroxylation is 2. The van der Waals surface area contributed by atoms with E-state index in [1.165, 1.54) is 108 Å². The van der Waals surface area contributed by atoms with Gasteiger partial charge in [-0.15, -0.1) is 0 Å². The van der Waals surface area contributed by atoms with Gasteiger partial charge in [0, 0.05) is 61.8 Å². The highest BCUT2D eigenvalue weighted by Crippen LogP contribution is 2.92. The minimum absolute atomic E-state index is 0.0972. The summed E-state index contributed by atoms with van der Waals surface area (Å²) >= 11 is 0. The molecule has 0 saturated heterocycles. The molecule has 0 radical (unpaired) electrons. The van der Waals surface area contributed by atoms with E-state index in [1.807, 2.05) is 5.57 Å². The Balaban J connectivity index is 1.08. The van der Waals surface area contributed by atoms with Gasteiger partial charge < -0.3 is 9.80 Å². The molecule has 6 aromatic carbocycles. The van der Waals surface area contributed by atoms with Crippen LogP contribution in [0.2, 0.25) is 0 Å². The zero-order valence-electron chi connectivity index (χ0n) is 34.2. The fourth-order valence-corrected chi connectivity index (χ4v) is 14.8. The second kappa shape index (κ2) is 11.2. The molecule has 4 heteroatoms. The fraction of sp³-hybridized carbons (Fsp3) is 0.236. The molecule has 2 heterocycles. The molecule has 0 amide bonds. The summed E-state index contributed by atoms with van der Waals surface area (Å²) in [6.45, 7) is 4.57. The van der Waals surface area contributed by atoms with Gasteiger partial charge in [0.15, 0.2) is 4.90 Å². The Kier molecular flexibility index (Phi) is 6.35. The third-order valence-electron chi connectivity index (χ3n) is 16.4. The van der Waals surface area contributed by atoms with Crippen LogP contribution in [-0.4, -0.2) is 19.2 Å². The zero-order chi connectivity index (χ0) is 39.1. The molecule has 0 bridgehead atoms. The SMILES string of the molecule is Cc1ccc(N2c3ccc(C)cc3B3c4cc5c(cc4N(c4ccccc4)c4cc(-c6ccc([S+](C)C)cc6)cc2c43)C2=C(CCC=C2)C52C3C=C4CC5CC2C453)cc1. The lowest BCUT2D eigenvalue weighted by Crippen LogP contribution is -2.84. The van der Waals surface area contributed by atoms with Gasteiger partial charge in [0.25, 0.3) is 6.71 Å². The molecule has 59 heavy (non-hydrogen) atoms. The van der Waals surface area contributed by atoms with Crippen molar-refractivity contribution in [2.24, 2.45) is 23.2 Å². The first kappa shape index (κ1) is 33.4. The van der Waals surface area contributed by atoms with Gasteiger partial charge in [0.2, 0.25) is 0 Å². The molecule has 3 saturated carbocycles. The standard InChI is InChI=1S/C55H46BN2S/c1-32-14-19-39(20-15-32)57-47-23-16-33(2)24-45(47)56-46-31-44-42(41-12-8-9-13-43(41)55(44)51-28-36-27-37-29-52(55)54(36,37)51)30-48(46)58(38-10-6-5-7-11-38)50-26-35(25-49(57)53(50)56)34-17-21-40(22-18-34)59(3)4/h5-8,10-12,14-26,28,30-31,37,51-52H,9,13,27,29H2,1-4H3/q+1. The number of nitrogens with zero attached hydrogens (tertiary/aromatic N) is 2. The van der Waals surface area contributed by atoms with Crippen molar-refractivity contribution >= 4 is 73.7 Å². The highest BCUT2D eigenvalue weighted by atomic mass is 32.2. The van der Waals surface area contributed by atoms with Gasteiger partial charge >= 0.3 is 0 Å². The van der Waals surface area contributed by atoms with Gasteiger partial charge in [0.1, 0.15) is 12.5 Å². The largest absolute Gasteiger partial charge is 0.311 e. The van der Waals surface area contributed by atoms with E-state index < -0.39 is 0 Å². The Labute approximate surface area is 351 Å². The molecule has 0 aromatic heterocycles. The van der Waals surface area contributed by atoms with Crippen molar-refractivity contribution in [3.05, 3.63) is 173 Å². The van der Waals surface area contributed by atoms with Gasteiger partial charge in [0.05, 0.1) is 0 Å². The number of para-hydroxylation sites is 1. The van der Waals surface area contributed by atoms with Crippen molar-refractivity contribution in [1.29, 1.82) is 0 Å². The molecular formula is C55H46BN2S+. The quantitative estimate of drug-likeness (QED) is 0.0998. The number of allylic oxidation sites excluding steroid dienone is 6. The Hall–Kier alpha value is -5.45. The van der Waals surface area contributed by atoms with E-state index >= 15 is 0 Å². The predicted octanol–water partition coefficient (Wildman–Crippen LogP) is 11.2. The Morgan fingerprint density at radius 2 is 1.42 bits per heavy atom. The summed E-state index contributed by atoms with van der Waals surface area (Å²) < 4.78 is 0. The number of hydrogen-bond donors (Lipinski definition) is 0. The van der Waals surface area contributed by atoms with Crippen molar-refractivity contribution in [3.63, 3.8) is 0 Å². The molecule has 6 aliphatic carbocycles. The van der Waals surface area contributed by atoms with Crippen LogP contribution < -0.4 is 26.2 Å². The lowest BCUT2D eigenvalue weighted by molar-refractivity contribution is -0.274. The minimum Gasteiger partial charge on any atom is -0.311 e. The third-order valence-corrected chi connectivity index (χ3v) is 17.7. The van der Waals surface area contributed by atoms with Crippen LogP contribution >= 0.6 is 0 Å². The Morgan fingerprint density at radius 1 is 0.695 bits per heavy atom. The number of fused-ring (bicyclic) bond motifs is 10. The summed E-state index contributed by atoms with van der Waals surface area (Å²) in [4.78, 5) is 6.61. The van der Waals surface area contributed by atoms with Crippen LogP contribution in [-0.2, 0) is 16.3 Å². The molecule has 3 fully saturated rings. The van der Waals surface area contributed by atoms with E-state index in [2.05, 4.69) is 176 Å². The van der Waals surface area contributed by atoms with Gasteiger partial charge in [-0.25, -0.2) is 0 Å². The summed E-state index contributed by atoms with van der Waals surface area (Å²) in [7, 11) is 0.203. The van der Waals surface area contributed by atoms with E-state index in [0.717, 1.165) is 18.3 Å². The highest BCUT2D eigenvalue weighted by molar-refractivity contribution is 7.95. The van der Waals surface area contributed by atoms with Crippen molar-refractivity contribution in [1.82, 2.24) is 0 Å². The molecule has 2 spiro atoms. The summed E-state index contributed by atoms with van der Waals surface area (Å²) in [5.41, 5.74) is 25.9. The third kappa shape index (κ3) is 3.86. The van der Waals surface area contributed by atoms with E-state index in [0.29, 0.717) is 11.3 Å². The topological polar surface area (TPSA) is 6.48 Å². The van der Waals surface area contributed by atoms with Gasteiger partial charge in [-0.1, -0.05) is 89.0 Å². The van der Waals surface area contributed by atoms with Crippen LogP contribution in [0.4, 0.5) is 34.1 Å². The van der Waals surface area contributed by atoms with Crippen LogP contribution in [0.25, 0.3) is 16.7 Å². The zero-order valence-corrected chi connectivity index (χ0v) is 35.0. The van der Waals surface area contributed by atoms with Crippen LogP contribution in [0, 0.1) is 37.0 Å². The van der Waals surface area contributed by atoms with Crippen LogP contribution in [0.1, 0.15) is 47.9 Å². The summed E-state index contributed by atoms with van der Waals surface area (Å²) in [5, 5.41) is 0. The first-order valence-corrected chi connectivity index (χ1v) is 23.9. The normalized spacial score (nSPS) is 26.4. The van der Waals surface area contributed by atoms with E-state index in [1.54, 1.807) is 11.1 Å². The van der Waals surface area contributed by atoms with Crippen LogP contribution in [0.3, 0.4) is 0 Å². The maximum atomic E-state index is 2.78. The van der Waals surface area contributed by atoms with Gasteiger partial charge in [-0.3, -0.25) is 0 Å². The molecule has 8 aliphatic rings. The van der Waals surface area contributed by atoms with Crippen molar-refractivity contribution in [2.75, 3.05) is 22.3 Å². The van der Waals surface area contributed by atoms with Crippen LogP contribution in [0.5, 0.6) is 0 Å². The number of hydrogen-bond acceptors (Lipinski definition) is 2. The monoisotopic (exact) mass is 777 g/mol. The van der Waals surface area contributed by atoms with Crippen molar-refractivity contribution in [2.45, 2.75) is 49.8 Å². The molecule has 0 N–H and O–H groups in total. The second-order valence-corrected chi connectivity index (χ2v) is 21.2. The molecule has 14 rings (SSSR count). The average Bonchev–Trinajstić information content (AvgIpc) is 3.52. The number of rotatable bonds is 4. The Morgan fingerprint density at radius 3 is 2.15 bits per heavy atom. The van der Waals surface area contributed by atoms with Gasteiger partial charge in [-0.2, -0.15) is 0 Å². The van der Waals surface area contributed by atoms with Crippen molar-refractivity contribution < 1.29 is 0 Å². The first-order valence-electron chi connectivity index (χ1n) is 21.9. The smallest absolute Gasteiger partial charge is 0.252 e. The first-order chi connectivity index (χ1) is 28.9. The van der Waals surface area contributed by atoms with E-state index in [-0.39, 0.29) is 23.0 Å². The van der Waals surface area contributed by atoms with Gasteiger partial charge in [-0.05, 0) is 168 Å². The van der Waals surface area contributed by atoms with Crippen LogP contribution in [0.15, 0.2) is 156 Å². The number of benzene rings is 6. The predicted molar refractivity (Wildman–Crippen MR) is 250 cm³/mol. The molecule has 5 atom stereocenters. The Bertz CT molecular complexity index is 2980. The van der Waals surface area contributed by atoms with E-state index in [4.69, 9.17) is 0 Å². The summed E-state index contributed by atoms with van der Waals surface area (Å²) in [6.07, 6.45) is 17.5. The highest BCUT2D eigenvalue weighted by Gasteiger charge is 2.87. The molecule has 2 aliphatic heterocycles. The number of anilines is 6. The molecule has 284 valence electrons. The molecular weight excluding hydrogens is 731 g/mol. The molecule has 6 aromatic rings. The average molecular weight is 778 g/mol. The molecule has 5 unspecified atom stereocenters. The lowest BCUT2D eigenvalue weighted by atomic mass is 9.15. The second-order valence-electron chi connectivity index (χ2n) is 19.1. The minimum atomic E-state index is 0.0972. The fourth-order valence-electron chi connectivity index (χ4n) is 14.1. The van der Waals surface area contributed by atoms with Crippen molar-refractivity contribution in [3.8, 4) is 11.1 Å². The maximum absolute atomic E-state index is 2.78.